The Balaban J connectivity index is 1.75. The van der Waals surface area contributed by atoms with E-state index in [1.807, 2.05) is 0 Å². The fraction of sp³-hybridized carbons (Fsp3) is 0.692. The molecule has 1 saturated heterocycles. The van der Waals surface area contributed by atoms with Crippen LogP contribution in [0.1, 0.15) is 43.7 Å². The molecule has 8 heteroatoms. The highest BCUT2D eigenvalue weighted by Gasteiger charge is 2.33. The highest BCUT2D eigenvalue weighted by atomic mass is 16.4. The summed E-state index contributed by atoms with van der Waals surface area (Å²) >= 11 is 0. The number of rotatable bonds is 4. The van der Waals surface area contributed by atoms with Gasteiger partial charge in [-0.3, -0.25) is 0 Å². The number of nitrogens with one attached hydrogen (secondary N) is 1. The van der Waals surface area contributed by atoms with Gasteiger partial charge in [0.25, 0.3) is 0 Å². The number of hydrogen-bond donors (Lipinski definition) is 2. The first-order chi connectivity index (χ1) is 9.76. The Kier molecular flexibility index (Phi) is 4.15. The molecule has 0 spiro atoms. The minimum Gasteiger partial charge on any atom is -0.476 e. The van der Waals surface area contributed by atoms with Gasteiger partial charge in [-0.25, -0.2) is 14.3 Å². The molecule has 0 unspecified atom stereocenters. The number of nitrogens with zero attached hydrogens (tertiary/aromatic N) is 4. The SMILES string of the molecule is CC(C)(C)CCNC(=O)N1CC(n2cc(C(=O)O)nn2)C1. The van der Waals surface area contributed by atoms with Crippen LogP contribution in [0.5, 0.6) is 0 Å². The van der Waals surface area contributed by atoms with Crippen molar-refractivity contribution in [3.05, 3.63) is 11.9 Å². The molecule has 2 amide bonds. The number of carboxylic acid groups (broad SMARTS) is 1. The van der Waals surface area contributed by atoms with Gasteiger partial charge in [0.05, 0.1) is 12.2 Å². The maximum absolute atomic E-state index is 11.9. The summed E-state index contributed by atoms with van der Waals surface area (Å²) in [5, 5.41) is 19.0. The number of amides is 2. The van der Waals surface area contributed by atoms with Crippen LogP contribution in [-0.2, 0) is 0 Å². The lowest BCUT2D eigenvalue weighted by Crippen LogP contribution is -2.54. The maximum Gasteiger partial charge on any atom is 0.358 e. The highest BCUT2D eigenvalue weighted by Crippen LogP contribution is 2.21. The summed E-state index contributed by atoms with van der Waals surface area (Å²) in [5.74, 6) is -1.10. The number of carbonyl (C=O) groups excluding carboxylic acids is 1. The van der Waals surface area contributed by atoms with Gasteiger partial charge in [-0.15, -0.1) is 5.10 Å². The topological polar surface area (TPSA) is 100 Å². The van der Waals surface area contributed by atoms with Gasteiger partial charge in [-0.1, -0.05) is 26.0 Å². The van der Waals surface area contributed by atoms with E-state index in [0.29, 0.717) is 19.6 Å². The summed E-state index contributed by atoms with van der Waals surface area (Å²) in [5.41, 5.74) is 0.113. The number of urea groups is 1. The Morgan fingerprint density at radius 2 is 2.10 bits per heavy atom. The minimum absolute atomic E-state index is 0.000957. The molecule has 1 aromatic rings. The van der Waals surface area contributed by atoms with Gasteiger partial charge in [0.15, 0.2) is 5.69 Å². The molecule has 0 aliphatic carbocycles. The number of hydrogen-bond acceptors (Lipinski definition) is 4. The molecule has 21 heavy (non-hydrogen) atoms. The Morgan fingerprint density at radius 3 is 2.62 bits per heavy atom. The maximum atomic E-state index is 11.9. The van der Waals surface area contributed by atoms with Gasteiger partial charge in [0.2, 0.25) is 0 Å². The van der Waals surface area contributed by atoms with Crippen molar-refractivity contribution in [3.63, 3.8) is 0 Å². The number of carboxylic acids is 1. The molecule has 0 saturated carbocycles. The Morgan fingerprint density at radius 1 is 1.43 bits per heavy atom. The molecule has 2 rings (SSSR count). The number of likely N-dealkylation sites (tertiary alicyclic amines) is 1. The first-order valence-corrected chi connectivity index (χ1v) is 6.94. The molecule has 1 aliphatic rings. The van der Waals surface area contributed by atoms with Crippen LogP contribution in [0.25, 0.3) is 0 Å². The van der Waals surface area contributed by atoms with Crippen LogP contribution in [0.4, 0.5) is 4.79 Å². The van der Waals surface area contributed by atoms with Gasteiger partial charge in [0.1, 0.15) is 0 Å². The van der Waals surface area contributed by atoms with Crippen molar-refractivity contribution in [1.29, 1.82) is 0 Å². The second-order valence-electron chi connectivity index (χ2n) is 6.49. The van der Waals surface area contributed by atoms with Crippen LogP contribution in [0.2, 0.25) is 0 Å². The summed E-state index contributed by atoms with van der Waals surface area (Å²) in [6, 6.07) is -0.0898. The average Bonchev–Trinajstić information content (AvgIpc) is 2.74. The summed E-state index contributed by atoms with van der Waals surface area (Å²) in [6.07, 6.45) is 2.31. The van der Waals surface area contributed by atoms with Crippen molar-refractivity contribution >= 4 is 12.0 Å². The van der Waals surface area contributed by atoms with Crippen LogP contribution in [0.15, 0.2) is 6.20 Å². The van der Waals surface area contributed by atoms with E-state index in [9.17, 15) is 9.59 Å². The molecule has 2 heterocycles. The zero-order valence-electron chi connectivity index (χ0n) is 12.5. The summed E-state index contributed by atoms with van der Waals surface area (Å²) in [4.78, 5) is 24.3. The van der Waals surface area contributed by atoms with Crippen molar-refractivity contribution in [2.45, 2.75) is 33.2 Å². The number of aromatic nitrogens is 3. The molecule has 0 atom stereocenters. The van der Waals surface area contributed by atoms with Crippen LogP contribution in [0.3, 0.4) is 0 Å². The van der Waals surface area contributed by atoms with Crippen molar-refractivity contribution in [1.82, 2.24) is 25.2 Å². The van der Waals surface area contributed by atoms with E-state index in [2.05, 4.69) is 36.4 Å². The van der Waals surface area contributed by atoms with E-state index in [4.69, 9.17) is 5.11 Å². The summed E-state index contributed by atoms with van der Waals surface area (Å²) in [6.45, 7) is 8.07. The first-order valence-electron chi connectivity index (χ1n) is 6.94. The second kappa shape index (κ2) is 5.71. The lowest BCUT2D eigenvalue weighted by Gasteiger charge is -2.38. The molecule has 0 bridgehead atoms. The monoisotopic (exact) mass is 295 g/mol. The molecule has 1 aromatic heterocycles. The predicted molar refractivity (Wildman–Crippen MR) is 75.1 cm³/mol. The van der Waals surface area contributed by atoms with Crippen molar-refractivity contribution in [3.8, 4) is 0 Å². The second-order valence-corrected chi connectivity index (χ2v) is 6.49. The van der Waals surface area contributed by atoms with Gasteiger partial charge in [-0.2, -0.15) is 0 Å². The fourth-order valence-corrected chi connectivity index (χ4v) is 2.00. The standard InChI is InChI=1S/C13H21N5O3/c1-13(2,3)4-5-14-12(21)17-6-9(7-17)18-8-10(11(19)20)15-16-18/h8-9H,4-7H2,1-3H3,(H,14,21)(H,19,20). The lowest BCUT2D eigenvalue weighted by atomic mass is 9.92. The van der Waals surface area contributed by atoms with Crippen molar-refractivity contribution in [2.75, 3.05) is 19.6 Å². The van der Waals surface area contributed by atoms with Gasteiger partial charge in [-0.05, 0) is 11.8 Å². The van der Waals surface area contributed by atoms with Gasteiger partial charge >= 0.3 is 12.0 Å². The van der Waals surface area contributed by atoms with Crippen molar-refractivity contribution < 1.29 is 14.7 Å². The van der Waals surface area contributed by atoms with Gasteiger partial charge in [0, 0.05) is 19.6 Å². The molecule has 1 fully saturated rings. The van der Waals surface area contributed by atoms with Crippen LogP contribution in [-0.4, -0.2) is 56.6 Å². The highest BCUT2D eigenvalue weighted by molar-refractivity contribution is 5.84. The first kappa shape index (κ1) is 15.3. The van der Waals surface area contributed by atoms with Crippen molar-refractivity contribution in [2.24, 2.45) is 5.41 Å². The molecular formula is C13H21N5O3. The molecule has 8 nitrogen and oxygen atoms in total. The van der Waals surface area contributed by atoms with Gasteiger partial charge < -0.3 is 15.3 Å². The Labute approximate surface area is 123 Å². The molecule has 0 aromatic carbocycles. The predicted octanol–water partition coefficient (Wildman–Crippen LogP) is 0.979. The lowest BCUT2D eigenvalue weighted by molar-refractivity contribution is 0.0690. The third kappa shape index (κ3) is 3.93. The third-order valence-electron chi connectivity index (χ3n) is 3.40. The van der Waals surface area contributed by atoms with E-state index >= 15 is 0 Å². The zero-order valence-corrected chi connectivity index (χ0v) is 12.5. The third-order valence-corrected chi connectivity index (χ3v) is 3.40. The minimum atomic E-state index is -1.10. The van der Waals surface area contributed by atoms with E-state index in [1.165, 1.54) is 10.9 Å². The number of aromatic carboxylic acids is 1. The molecule has 0 radical (unpaired) electrons. The smallest absolute Gasteiger partial charge is 0.358 e. The average molecular weight is 295 g/mol. The Hall–Kier alpha value is -2.12. The van der Waals surface area contributed by atoms with E-state index in [-0.39, 0.29) is 23.2 Å². The molecular weight excluding hydrogens is 274 g/mol. The fourth-order valence-electron chi connectivity index (χ4n) is 2.00. The number of carbonyl (C=O) groups is 2. The van der Waals surface area contributed by atoms with Crippen LogP contribution in [0, 0.1) is 5.41 Å². The summed E-state index contributed by atoms with van der Waals surface area (Å²) < 4.78 is 1.50. The summed E-state index contributed by atoms with van der Waals surface area (Å²) in [7, 11) is 0. The molecule has 1 aliphatic heterocycles. The Bertz CT molecular complexity index is 528. The molecule has 116 valence electrons. The quantitative estimate of drug-likeness (QED) is 0.862. The largest absolute Gasteiger partial charge is 0.476 e. The van der Waals surface area contributed by atoms with Crippen LogP contribution < -0.4 is 5.32 Å². The molecule has 2 N–H and O–H groups in total. The van der Waals surface area contributed by atoms with E-state index < -0.39 is 5.97 Å². The van der Waals surface area contributed by atoms with E-state index in [0.717, 1.165) is 6.42 Å². The van der Waals surface area contributed by atoms with E-state index in [1.54, 1.807) is 4.90 Å². The van der Waals surface area contributed by atoms with Crippen LogP contribution >= 0.6 is 0 Å². The normalized spacial score (nSPS) is 15.7. The zero-order chi connectivity index (χ0) is 15.6.